The van der Waals surface area contributed by atoms with Crippen molar-refractivity contribution < 1.29 is 14.8 Å². The molecule has 5 nitrogen and oxygen atoms in total. The monoisotopic (exact) mass is 215 g/mol. The van der Waals surface area contributed by atoms with Crippen LogP contribution in [0.5, 0.6) is 0 Å². The number of carbonyl (C=O) groups is 1. The van der Waals surface area contributed by atoms with Gasteiger partial charge in [0.25, 0.3) is 5.69 Å². The number of nitro groups is 1. The van der Waals surface area contributed by atoms with E-state index < -0.39 is 22.1 Å². The van der Waals surface area contributed by atoms with Gasteiger partial charge in [-0.05, 0) is 13.0 Å². The van der Waals surface area contributed by atoms with Gasteiger partial charge >= 0.3 is 5.97 Å². The van der Waals surface area contributed by atoms with E-state index in [4.69, 9.17) is 16.7 Å². The average Bonchev–Trinajstić information content (AvgIpc) is 2.07. The molecule has 0 aliphatic heterocycles. The number of benzene rings is 1. The number of aromatic carboxylic acids is 1. The van der Waals surface area contributed by atoms with Gasteiger partial charge in [0.15, 0.2) is 5.56 Å². The number of aryl methyl sites for hydroxylation is 1. The molecule has 1 rings (SSSR count). The first-order valence-corrected chi connectivity index (χ1v) is 3.99. The van der Waals surface area contributed by atoms with Crippen LogP contribution in [0.25, 0.3) is 0 Å². The molecule has 0 bridgehead atoms. The predicted octanol–water partition coefficient (Wildman–Crippen LogP) is 2.25. The molecule has 0 spiro atoms. The number of hydrogen-bond donors (Lipinski definition) is 1. The van der Waals surface area contributed by atoms with Crippen LogP contribution < -0.4 is 0 Å². The smallest absolute Gasteiger partial charge is 0.344 e. The topological polar surface area (TPSA) is 80.4 Å². The van der Waals surface area contributed by atoms with E-state index >= 15 is 0 Å². The van der Waals surface area contributed by atoms with Crippen molar-refractivity contribution in [2.75, 3.05) is 0 Å². The van der Waals surface area contributed by atoms with Crippen molar-refractivity contribution in [2.45, 2.75) is 6.92 Å². The summed E-state index contributed by atoms with van der Waals surface area (Å²) in [7, 11) is 0. The molecular weight excluding hydrogens is 210 g/mol. The van der Waals surface area contributed by atoms with Gasteiger partial charge in [-0.3, -0.25) is 10.1 Å². The Labute approximate surface area is 84.1 Å². The maximum atomic E-state index is 10.7. The molecule has 0 fully saturated rings. The number of rotatable bonds is 2. The van der Waals surface area contributed by atoms with Gasteiger partial charge in [-0.15, -0.1) is 0 Å². The Morgan fingerprint density at radius 1 is 1.57 bits per heavy atom. The summed E-state index contributed by atoms with van der Waals surface area (Å²) in [5.74, 6) is -1.40. The van der Waals surface area contributed by atoms with Gasteiger partial charge in [-0.2, -0.15) is 0 Å². The molecule has 0 atom stereocenters. The molecule has 1 N–H and O–H groups in total. The maximum Gasteiger partial charge on any atom is 0.344 e. The number of carboxylic acids is 1. The van der Waals surface area contributed by atoms with E-state index in [1.165, 1.54) is 19.1 Å². The van der Waals surface area contributed by atoms with Crippen LogP contribution in [0.15, 0.2) is 12.1 Å². The Hall–Kier alpha value is -1.62. The summed E-state index contributed by atoms with van der Waals surface area (Å²) in [4.78, 5) is 20.5. The molecule has 1 aromatic rings. The fraction of sp³-hybridized carbons (Fsp3) is 0.125. The lowest BCUT2D eigenvalue weighted by Crippen LogP contribution is -2.05. The Bertz CT molecular complexity index is 377. The minimum absolute atomic E-state index is 0.130. The van der Waals surface area contributed by atoms with Gasteiger partial charge in [0, 0.05) is 5.56 Å². The van der Waals surface area contributed by atoms with E-state index in [1.807, 2.05) is 0 Å². The van der Waals surface area contributed by atoms with Crippen LogP contribution in [0, 0.1) is 17.0 Å². The molecule has 6 heteroatoms. The van der Waals surface area contributed by atoms with Crippen molar-refractivity contribution in [2.24, 2.45) is 0 Å². The SMILES string of the molecule is Cc1ccc(Cl)c(C(=O)O)c1[N+](=O)[O-]. The van der Waals surface area contributed by atoms with Gasteiger partial charge in [0.05, 0.1) is 9.95 Å². The first-order chi connectivity index (χ1) is 6.45. The predicted molar refractivity (Wildman–Crippen MR) is 49.8 cm³/mol. The highest BCUT2D eigenvalue weighted by Gasteiger charge is 2.25. The van der Waals surface area contributed by atoms with E-state index in [-0.39, 0.29) is 10.6 Å². The minimum atomic E-state index is -1.40. The number of nitro benzene ring substituents is 1. The highest BCUT2D eigenvalue weighted by atomic mass is 35.5. The van der Waals surface area contributed by atoms with Crippen molar-refractivity contribution >= 4 is 23.3 Å². The van der Waals surface area contributed by atoms with Crippen LogP contribution in [0.2, 0.25) is 5.02 Å². The van der Waals surface area contributed by atoms with Crippen LogP contribution in [0.1, 0.15) is 15.9 Å². The zero-order valence-electron chi connectivity index (χ0n) is 7.15. The van der Waals surface area contributed by atoms with Gasteiger partial charge in [0.1, 0.15) is 0 Å². The summed E-state index contributed by atoms with van der Waals surface area (Å²) in [6.45, 7) is 1.46. The van der Waals surface area contributed by atoms with E-state index in [0.29, 0.717) is 0 Å². The van der Waals surface area contributed by atoms with Crippen LogP contribution >= 0.6 is 11.6 Å². The Balaban J connectivity index is 3.58. The zero-order valence-corrected chi connectivity index (χ0v) is 7.91. The van der Waals surface area contributed by atoms with Crippen molar-refractivity contribution in [3.05, 3.63) is 38.4 Å². The molecule has 0 saturated heterocycles. The number of nitrogens with zero attached hydrogens (tertiary/aromatic N) is 1. The zero-order chi connectivity index (χ0) is 10.9. The minimum Gasteiger partial charge on any atom is -0.477 e. The van der Waals surface area contributed by atoms with E-state index in [0.717, 1.165) is 0 Å². The van der Waals surface area contributed by atoms with E-state index in [2.05, 4.69) is 0 Å². The fourth-order valence-electron chi connectivity index (χ4n) is 1.11. The third-order valence-electron chi connectivity index (χ3n) is 1.73. The maximum absolute atomic E-state index is 10.7. The lowest BCUT2D eigenvalue weighted by Gasteiger charge is -2.02. The fourth-order valence-corrected chi connectivity index (χ4v) is 1.34. The second kappa shape index (κ2) is 3.63. The second-order valence-electron chi connectivity index (χ2n) is 2.65. The van der Waals surface area contributed by atoms with Gasteiger partial charge < -0.3 is 5.11 Å². The third-order valence-corrected chi connectivity index (χ3v) is 2.04. The Kier molecular flexibility index (Phi) is 2.71. The quantitative estimate of drug-likeness (QED) is 0.606. The Morgan fingerprint density at radius 3 is 2.50 bits per heavy atom. The summed E-state index contributed by atoms with van der Waals surface area (Å²) in [6.07, 6.45) is 0. The molecule has 0 radical (unpaired) electrons. The molecular formula is C8H6ClNO4. The highest BCUT2D eigenvalue weighted by molar-refractivity contribution is 6.34. The highest BCUT2D eigenvalue weighted by Crippen LogP contribution is 2.29. The molecule has 0 aliphatic carbocycles. The summed E-state index contributed by atoms with van der Waals surface area (Å²) in [5, 5.41) is 19.2. The average molecular weight is 216 g/mol. The van der Waals surface area contributed by atoms with E-state index in [1.54, 1.807) is 0 Å². The van der Waals surface area contributed by atoms with Crippen molar-refractivity contribution in [3.8, 4) is 0 Å². The van der Waals surface area contributed by atoms with Crippen LogP contribution in [0.4, 0.5) is 5.69 Å². The largest absolute Gasteiger partial charge is 0.477 e. The summed E-state index contributed by atoms with van der Waals surface area (Å²) >= 11 is 5.56. The third kappa shape index (κ3) is 1.67. The number of halogens is 1. The van der Waals surface area contributed by atoms with Crippen molar-refractivity contribution in [3.63, 3.8) is 0 Å². The van der Waals surface area contributed by atoms with Crippen molar-refractivity contribution in [1.29, 1.82) is 0 Å². The first kappa shape index (κ1) is 10.5. The van der Waals surface area contributed by atoms with Crippen LogP contribution in [-0.4, -0.2) is 16.0 Å². The second-order valence-corrected chi connectivity index (χ2v) is 3.06. The normalized spacial score (nSPS) is 9.86. The lowest BCUT2D eigenvalue weighted by molar-refractivity contribution is -0.385. The van der Waals surface area contributed by atoms with Crippen LogP contribution in [0.3, 0.4) is 0 Å². The van der Waals surface area contributed by atoms with E-state index in [9.17, 15) is 14.9 Å². The number of hydrogen-bond acceptors (Lipinski definition) is 3. The Morgan fingerprint density at radius 2 is 2.14 bits per heavy atom. The van der Waals surface area contributed by atoms with Crippen LogP contribution in [-0.2, 0) is 0 Å². The summed E-state index contributed by atoms with van der Waals surface area (Å²) in [6, 6.07) is 2.74. The lowest BCUT2D eigenvalue weighted by atomic mass is 10.1. The summed E-state index contributed by atoms with van der Waals surface area (Å²) < 4.78 is 0. The molecule has 0 aliphatic rings. The molecule has 1 aromatic carbocycles. The van der Waals surface area contributed by atoms with Gasteiger partial charge in [-0.25, -0.2) is 4.79 Å². The molecule has 0 aromatic heterocycles. The molecule has 0 saturated carbocycles. The molecule has 0 unspecified atom stereocenters. The molecule has 14 heavy (non-hydrogen) atoms. The van der Waals surface area contributed by atoms with Gasteiger partial charge in [-0.1, -0.05) is 17.7 Å². The summed E-state index contributed by atoms with van der Waals surface area (Å²) in [5.41, 5.74) is -0.640. The molecule has 74 valence electrons. The number of carboxylic acid groups (broad SMARTS) is 1. The van der Waals surface area contributed by atoms with Crippen molar-refractivity contribution in [1.82, 2.24) is 0 Å². The van der Waals surface area contributed by atoms with Gasteiger partial charge in [0.2, 0.25) is 0 Å². The molecule has 0 amide bonds. The first-order valence-electron chi connectivity index (χ1n) is 3.62. The molecule has 0 heterocycles. The standard InChI is InChI=1S/C8H6ClNO4/c1-4-2-3-5(9)6(8(11)12)7(4)10(13)14/h2-3H,1H3,(H,11,12).